The Hall–Kier alpha value is -3.84. The first-order valence-electron chi connectivity index (χ1n) is 29.0. The summed E-state index contributed by atoms with van der Waals surface area (Å²) in [6, 6.07) is 0. The van der Waals surface area contributed by atoms with Crippen molar-refractivity contribution in [3.05, 3.63) is 48.6 Å². The van der Waals surface area contributed by atoms with Gasteiger partial charge in [0.2, 0.25) is 0 Å². The van der Waals surface area contributed by atoms with E-state index in [0.717, 1.165) is 45.1 Å². The van der Waals surface area contributed by atoms with Crippen LogP contribution in [0, 0.1) is 47.3 Å². The Morgan fingerprint density at radius 1 is 0.762 bits per heavy atom. The number of aliphatic carboxylic acids is 1. The maximum Gasteiger partial charge on any atom is 0.317 e. The number of allylic oxidation sites excluding steroid dienone is 4. The summed E-state index contributed by atoms with van der Waals surface area (Å²) < 4.78 is 17.5. The van der Waals surface area contributed by atoms with Crippen LogP contribution in [0.15, 0.2) is 53.6 Å². The molecule has 22 atom stereocenters. The van der Waals surface area contributed by atoms with Crippen molar-refractivity contribution in [3.63, 3.8) is 0 Å². The summed E-state index contributed by atoms with van der Waals surface area (Å²) in [5.41, 5.74) is 5.68. The van der Waals surface area contributed by atoms with Crippen LogP contribution in [0.3, 0.4) is 0 Å². The van der Waals surface area contributed by atoms with Gasteiger partial charge in [-0.15, -0.1) is 0 Å². The lowest BCUT2D eigenvalue weighted by Crippen LogP contribution is -2.60. The zero-order valence-electron chi connectivity index (χ0n) is 48.9. The minimum atomic E-state index is -2.54. The Kier molecular flexibility index (Phi) is 33.1. The molecule has 0 aromatic heterocycles. The number of nitrogens with two attached hydrogens (primary N) is 1. The summed E-state index contributed by atoms with van der Waals surface area (Å²) in [6.07, 6.45) is -0.165. The van der Waals surface area contributed by atoms with Crippen molar-refractivity contribution in [2.45, 2.75) is 237 Å². The van der Waals surface area contributed by atoms with Crippen LogP contribution < -0.4 is 11.1 Å². The van der Waals surface area contributed by atoms with Gasteiger partial charge in [-0.2, -0.15) is 0 Å². The Morgan fingerprint density at radius 3 is 2.05 bits per heavy atom. The molecule has 15 N–H and O–H groups in total. The number of hydrogen-bond donors (Lipinski definition) is 14. The number of ether oxygens (including phenoxy) is 3. The van der Waals surface area contributed by atoms with Crippen molar-refractivity contribution in [1.82, 2.24) is 5.32 Å². The second-order valence-electron chi connectivity index (χ2n) is 23.4. The van der Waals surface area contributed by atoms with E-state index in [1.807, 2.05) is 19.9 Å². The molecule has 0 aromatic rings. The van der Waals surface area contributed by atoms with Gasteiger partial charge in [0.05, 0.1) is 67.0 Å². The average molecular weight is 1140 g/mol. The lowest BCUT2D eigenvalue weighted by molar-refractivity contribution is -0.333. The Labute approximate surface area is 474 Å². The highest BCUT2D eigenvalue weighted by Crippen LogP contribution is 2.36. The van der Waals surface area contributed by atoms with Crippen LogP contribution >= 0.6 is 0 Å². The number of rotatable bonds is 14. The molecule has 0 amide bonds. The van der Waals surface area contributed by atoms with Crippen LogP contribution in [0.2, 0.25) is 0 Å². The Bertz CT molecular complexity index is 1960. The van der Waals surface area contributed by atoms with Crippen LogP contribution in [-0.2, 0) is 28.6 Å². The zero-order chi connectivity index (χ0) is 60.4. The molecule has 2 rings (SSSR count). The molecule has 0 aromatic carbocycles. The van der Waals surface area contributed by atoms with Crippen LogP contribution in [0.1, 0.15) is 152 Å². The van der Waals surface area contributed by atoms with E-state index >= 15 is 0 Å². The molecule has 2 aliphatic rings. The van der Waals surface area contributed by atoms with Gasteiger partial charge >= 0.3 is 17.9 Å². The SMILES string of the molecule is CN=C(N)NCCC/C=C/CCC[C@H](C)C[C@H](C)[C@H]1OC(=O)[C@@H](C)[C@H](O)/C=C/[C@@H](C)[C@@H](O)C[C@@H](O)[C@@H](C)[C@@H](O)CC[C@@H](C)[C@@H](O)C[C@]2(O)O[C@H](C[C@H](OC(=O)CC(=O)O)C[C@H](O)C[C@H](O)[C@H](C)[C@H](O)/C=C/C=C/[C@H]1C)C[C@H](O)[C@@H]2O. The number of fused-ring (bicyclic) bond motifs is 2. The molecule has 1 saturated heterocycles. The number of nitrogens with one attached hydrogen (secondary N) is 1. The van der Waals surface area contributed by atoms with Gasteiger partial charge in [0.25, 0.3) is 0 Å². The maximum atomic E-state index is 13.8. The zero-order valence-corrected chi connectivity index (χ0v) is 48.9. The number of carbonyl (C=O) groups excluding carboxylic acids is 2. The minimum absolute atomic E-state index is 0.0716. The van der Waals surface area contributed by atoms with E-state index in [1.54, 1.807) is 59.9 Å². The first kappa shape index (κ1) is 72.3. The monoisotopic (exact) mass is 1140 g/mol. The van der Waals surface area contributed by atoms with Crippen LogP contribution in [-0.4, -0.2) is 184 Å². The van der Waals surface area contributed by atoms with Crippen LogP contribution in [0.25, 0.3) is 0 Å². The molecule has 2 heterocycles. The van der Waals surface area contributed by atoms with E-state index in [1.165, 1.54) is 12.2 Å². The number of guanidine groups is 1. The number of aliphatic imine (C=N–C) groups is 1. The summed E-state index contributed by atoms with van der Waals surface area (Å²) in [7, 11) is 1.63. The summed E-state index contributed by atoms with van der Waals surface area (Å²) in [6.45, 7) is 14.8. The van der Waals surface area contributed by atoms with E-state index < -0.39 is 145 Å². The van der Waals surface area contributed by atoms with E-state index in [-0.39, 0.29) is 62.7 Å². The van der Waals surface area contributed by atoms with Crippen molar-refractivity contribution in [2.75, 3.05) is 13.6 Å². The van der Waals surface area contributed by atoms with Gasteiger partial charge in [0.1, 0.15) is 24.7 Å². The molecule has 0 radical (unpaired) electrons. The normalized spacial score (nSPS) is 38.9. The van der Waals surface area contributed by atoms with Crippen LogP contribution in [0.4, 0.5) is 0 Å². The Balaban J connectivity index is 2.43. The number of unbranched alkanes of at least 4 members (excludes halogenated alkanes) is 2. The van der Waals surface area contributed by atoms with Crippen molar-refractivity contribution < 1.29 is 89.9 Å². The van der Waals surface area contributed by atoms with Gasteiger partial charge in [-0.25, -0.2) is 0 Å². The first-order chi connectivity index (χ1) is 37.5. The molecule has 2 aliphatic heterocycles. The number of carboxylic acid groups (broad SMARTS) is 1. The average Bonchev–Trinajstić information content (AvgIpc) is 3.38. The van der Waals surface area contributed by atoms with E-state index in [9.17, 15) is 75.7 Å². The lowest BCUT2D eigenvalue weighted by Gasteiger charge is -2.45. The summed E-state index contributed by atoms with van der Waals surface area (Å²) in [5, 5.41) is 135. The quantitative estimate of drug-likeness (QED) is 0.0296. The number of aliphatic hydroxyl groups is 11. The maximum absolute atomic E-state index is 13.8. The lowest BCUT2D eigenvalue weighted by atomic mass is 9.83. The van der Waals surface area contributed by atoms with Gasteiger partial charge in [-0.05, 0) is 76.0 Å². The number of aliphatic hydroxyl groups excluding tert-OH is 10. The second-order valence-corrected chi connectivity index (χ2v) is 23.4. The van der Waals surface area contributed by atoms with Gasteiger partial charge in [-0.3, -0.25) is 19.4 Å². The molecule has 462 valence electrons. The van der Waals surface area contributed by atoms with E-state index in [0.29, 0.717) is 5.96 Å². The number of esters is 2. The van der Waals surface area contributed by atoms with Gasteiger partial charge < -0.3 is 86.5 Å². The molecule has 2 bridgehead atoms. The van der Waals surface area contributed by atoms with Crippen molar-refractivity contribution >= 4 is 23.9 Å². The molecule has 21 nitrogen and oxygen atoms in total. The fourth-order valence-electron chi connectivity index (χ4n) is 10.3. The van der Waals surface area contributed by atoms with E-state index in [4.69, 9.17) is 19.9 Å². The summed E-state index contributed by atoms with van der Waals surface area (Å²) >= 11 is 0. The van der Waals surface area contributed by atoms with E-state index in [2.05, 4.69) is 29.4 Å². The summed E-state index contributed by atoms with van der Waals surface area (Å²) in [4.78, 5) is 41.7. The third kappa shape index (κ3) is 26.2. The van der Waals surface area contributed by atoms with Crippen molar-refractivity contribution in [2.24, 2.45) is 58.1 Å². The fourth-order valence-corrected chi connectivity index (χ4v) is 10.3. The molecule has 0 aliphatic carbocycles. The molecule has 21 heteroatoms. The fraction of sp³-hybridized carbons (Fsp3) is 0.797. The number of carboxylic acids is 1. The van der Waals surface area contributed by atoms with Crippen LogP contribution in [0.5, 0.6) is 0 Å². The second kappa shape index (κ2) is 36.7. The largest absolute Gasteiger partial charge is 0.481 e. The molecular weight excluding hydrogens is 1040 g/mol. The van der Waals surface area contributed by atoms with Gasteiger partial charge in [0, 0.05) is 69.4 Å². The molecule has 80 heavy (non-hydrogen) atoms. The number of cyclic esters (lactones) is 1. The highest BCUT2D eigenvalue weighted by molar-refractivity contribution is 5.90. The van der Waals surface area contributed by atoms with Crippen molar-refractivity contribution in [1.29, 1.82) is 0 Å². The third-order valence-corrected chi connectivity index (χ3v) is 16.2. The predicted octanol–water partition coefficient (Wildman–Crippen LogP) is 3.30. The smallest absolute Gasteiger partial charge is 0.317 e. The highest BCUT2D eigenvalue weighted by atomic mass is 16.7. The predicted molar refractivity (Wildman–Crippen MR) is 302 cm³/mol. The molecule has 1 fully saturated rings. The number of carbonyl (C=O) groups is 3. The number of hydrogen-bond acceptors (Lipinski definition) is 18. The molecule has 0 unspecified atom stereocenters. The topological polar surface area (TPSA) is 372 Å². The standard InChI is InChI=1S/C59H103N3O18/c1-34(18-14-12-10-11-13-17-25-62-58(60)61-9)26-38(5)55-37(4)19-15-16-20-45(64)39(6)49(68)28-42(63)27-43(78-54(74)32-53(72)73)29-44-30-51(70)56(75)59(77,80-44)33-52(71)36(3)22-23-46(65)40(7)50(69)31-48(67)35(2)21-24-47(66)41(8)57(76)79-55/h10-11,15-16,19-21,24,34-52,55-56,63-71,75,77H,12-14,17-18,22-23,25-33H2,1-9H3,(H,72,73)(H3,60,61,62)/b11-10+,19-15+,20-16+,24-21+/t34-,35+,36+,37+,38-,39+,40-,41-,42-,43+,44+,45+,46-,47+,48-,49-,50+,51-,52-,55-,56-,59-/m0/s1. The molecule has 0 spiro atoms. The molecule has 0 saturated carbocycles. The van der Waals surface area contributed by atoms with Gasteiger partial charge in [-0.1, -0.05) is 103 Å². The highest BCUT2D eigenvalue weighted by Gasteiger charge is 2.50. The third-order valence-electron chi connectivity index (χ3n) is 16.2. The van der Waals surface area contributed by atoms with Crippen molar-refractivity contribution in [3.8, 4) is 0 Å². The Morgan fingerprint density at radius 2 is 1.40 bits per heavy atom. The first-order valence-corrected chi connectivity index (χ1v) is 29.0. The minimum Gasteiger partial charge on any atom is -0.481 e. The molecular formula is C59H103N3O18. The number of nitrogens with zero attached hydrogens (tertiary/aromatic N) is 1. The van der Waals surface area contributed by atoms with Gasteiger partial charge in [0.15, 0.2) is 11.7 Å². The summed E-state index contributed by atoms with van der Waals surface area (Å²) in [5.74, 6) is -9.43.